The van der Waals surface area contributed by atoms with Crippen LogP contribution in [0.25, 0.3) is 0 Å². The summed E-state index contributed by atoms with van der Waals surface area (Å²) >= 11 is 0. The monoisotopic (exact) mass is 205 g/mol. The first-order chi connectivity index (χ1) is 7.27. The summed E-state index contributed by atoms with van der Waals surface area (Å²) in [5.74, 6) is -0.853. The van der Waals surface area contributed by atoms with E-state index in [9.17, 15) is 4.79 Å². The quantitative estimate of drug-likeness (QED) is 0.784. The maximum atomic E-state index is 11.1. The molecule has 0 bridgehead atoms. The first-order valence-electron chi connectivity index (χ1n) is 4.60. The van der Waals surface area contributed by atoms with Crippen LogP contribution in [-0.4, -0.2) is 25.6 Å². The molecule has 0 amide bonds. The standard InChI is InChI=1S/C10H11N3O2/c14-10(15)9(13-3-1-2-4-13)5-8-6-11-7-12-8/h1-4,6-7,9H,5H2,(H,11,12)(H,14,15). The molecule has 5 heteroatoms. The molecule has 2 rings (SSSR count). The topological polar surface area (TPSA) is 70.9 Å². The van der Waals surface area contributed by atoms with Crippen molar-refractivity contribution in [2.75, 3.05) is 0 Å². The van der Waals surface area contributed by atoms with Crippen LogP contribution in [0.4, 0.5) is 0 Å². The predicted molar refractivity (Wildman–Crippen MR) is 53.4 cm³/mol. The number of nitrogens with one attached hydrogen (secondary N) is 1. The van der Waals surface area contributed by atoms with E-state index in [1.54, 1.807) is 41.6 Å². The third-order valence-electron chi connectivity index (χ3n) is 2.23. The van der Waals surface area contributed by atoms with Crippen LogP contribution in [0.3, 0.4) is 0 Å². The largest absolute Gasteiger partial charge is 0.480 e. The Morgan fingerprint density at radius 1 is 1.53 bits per heavy atom. The summed E-state index contributed by atoms with van der Waals surface area (Å²) < 4.78 is 1.66. The van der Waals surface area contributed by atoms with Crippen molar-refractivity contribution in [1.29, 1.82) is 0 Å². The summed E-state index contributed by atoms with van der Waals surface area (Å²) in [6.45, 7) is 0. The van der Waals surface area contributed by atoms with Gasteiger partial charge in [-0.15, -0.1) is 0 Å². The fraction of sp³-hybridized carbons (Fsp3) is 0.200. The number of hydrogen-bond acceptors (Lipinski definition) is 2. The van der Waals surface area contributed by atoms with Crippen molar-refractivity contribution in [2.45, 2.75) is 12.5 Å². The first kappa shape index (κ1) is 9.51. The molecule has 0 aliphatic carbocycles. The molecule has 0 fully saturated rings. The molecule has 2 N–H and O–H groups in total. The fourth-order valence-electron chi connectivity index (χ4n) is 1.48. The Kier molecular flexibility index (Phi) is 2.53. The summed E-state index contributed by atoms with van der Waals surface area (Å²) in [5, 5.41) is 9.09. The van der Waals surface area contributed by atoms with Gasteiger partial charge in [-0.3, -0.25) is 0 Å². The third kappa shape index (κ3) is 2.07. The number of imidazole rings is 1. The van der Waals surface area contributed by atoms with E-state index in [1.807, 2.05) is 0 Å². The Labute approximate surface area is 86.4 Å². The Morgan fingerprint density at radius 3 is 2.80 bits per heavy atom. The van der Waals surface area contributed by atoms with E-state index in [0.29, 0.717) is 6.42 Å². The number of aromatic nitrogens is 3. The van der Waals surface area contributed by atoms with Crippen LogP contribution >= 0.6 is 0 Å². The number of carbonyl (C=O) groups is 1. The minimum Gasteiger partial charge on any atom is -0.480 e. The maximum absolute atomic E-state index is 11.1. The molecule has 0 aliphatic heterocycles. The second-order valence-electron chi connectivity index (χ2n) is 3.25. The van der Waals surface area contributed by atoms with Crippen molar-refractivity contribution < 1.29 is 9.90 Å². The number of carboxylic acid groups (broad SMARTS) is 1. The maximum Gasteiger partial charge on any atom is 0.327 e. The average molecular weight is 205 g/mol. The van der Waals surface area contributed by atoms with Gasteiger partial charge >= 0.3 is 5.97 Å². The van der Waals surface area contributed by atoms with Gasteiger partial charge < -0.3 is 14.7 Å². The van der Waals surface area contributed by atoms with Crippen molar-refractivity contribution >= 4 is 5.97 Å². The van der Waals surface area contributed by atoms with Crippen LogP contribution in [0.5, 0.6) is 0 Å². The van der Waals surface area contributed by atoms with E-state index >= 15 is 0 Å². The van der Waals surface area contributed by atoms with Gasteiger partial charge in [0.2, 0.25) is 0 Å². The van der Waals surface area contributed by atoms with Crippen molar-refractivity contribution in [1.82, 2.24) is 14.5 Å². The van der Waals surface area contributed by atoms with E-state index in [1.165, 1.54) is 0 Å². The summed E-state index contributed by atoms with van der Waals surface area (Å²) in [5.41, 5.74) is 0.746. The van der Waals surface area contributed by atoms with Gasteiger partial charge in [0.15, 0.2) is 0 Å². The van der Waals surface area contributed by atoms with Crippen molar-refractivity contribution in [3.8, 4) is 0 Å². The van der Waals surface area contributed by atoms with Gasteiger partial charge in [-0.25, -0.2) is 9.78 Å². The molecule has 0 spiro atoms. The molecule has 0 aromatic carbocycles. The van der Waals surface area contributed by atoms with Gasteiger partial charge in [0.25, 0.3) is 0 Å². The average Bonchev–Trinajstić information content (AvgIpc) is 2.87. The smallest absolute Gasteiger partial charge is 0.327 e. The Bertz CT molecular complexity index is 419. The summed E-state index contributed by atoms with van der Waals surface area (Å²) in [4.78, 5) is 17.9. The fourth-order valence-corrected chi connectivity index (χ4v) is 1.48. The van der Waals surface area contributed by atoms with Gasteiger partial charge in [-0.1, -0.05) is 0 Å². The van der Waals surface area contributed by atoms with Crippen LogP contribution < -0.4 is 0 Å². The second-order valence-corrected chi connectivity index (χ2v) is 3.25. The molecule has 2 aromatic rings. The Balaban J connectivity index is 2.18. The highest BCUT2D eigenvalue weighted by molar-refractivity contribution is 5.72. The number of rotatable bonds is 4. The molecule has 1 atom stereocenters. The highest BCUT2D eigenvalue weighted by Crippen LogP contribution is 2.13. The van der Waals surface area contributed by atoms with Crippen molar-refractivity contribution in [3.63, 3.8) is 0 Å². The van der Waals surface area contributed by atoms with Crippen LogP contribution in [0.15, 0.2) is 37.1 Å². The van der Waals surface area contributed by atoms with Gasteiger partial charge in [0, 0.05) is 25.0 Å². The number of aliphatic carboxylic acids is 1. The molecule has 1 unspecified atom stereocenters. The van der Waals surface area contributed by atoms with Crippen LogP contribution in [-0.2, 0) is 11.2 Å². The summed E-state index contributed by atoms with van der Waals surface area (Å²) in [7, 11) is 0. The molecule has 2 heterocycles. The minimum atomic E-state index is -0.853. The number of nitrogens with zero attached hydrogens (tertiary/aromatic N) is 2. The molecular formula is C10H11N3O2. The normalized spacial score (nSPS) is 12.5. The molecule has 15 heavy (non-hydrogen) atoms. The zero-order valence-electron chi connectivity index (χ0n) is 8.00. The van der Waals surface area contributed by atoms with Gasteiger partial charge in [0.1, 0.15) is 6.04 Å². The van der Waals surface area contributed by atoms with Crippen molar-refractivity contribution in [2.24, 2.45) is 0 Å². The number of hydrogen-bond donors (Lipinski definition) is 2. The molecule has 0 radical (unpaired) electrons. The van der Waals surface area contributed by atoms with Crippen LogP contribution in [0, 0.1) is 0 Å². The summed E-state index contributed by atoms with van der Waals surface area (Å²) in [6, 6.07) is 3.02. The highest BCUT2D eigenvalue weighted by atomic mass is 16.4. The minimum absolute atomic E-state index is 0.382. The van der Waals surface area contributed by atoms with Gasteiger partial charge in [-0.05, 0) is 12.1 Å². The van der Waals surface area contributed by atoms with E-state index < -0.39 is 12.0 Å². The Morgan fingerprint density at radius 2 is 2.27 bits per heavy atom. The van der Waals surface area contributed by atoms with E-state index in [4.69, 9.17) is 5.11 Å². The first-order valence-corrected chi connectivity index (χ1v) is 4.60. The predicted octanol–water partition coefficient (Wildman–Crippen LogP) is 1.08. The van der Waals surface area contributed by atoms with Gasteiger partial charge in [0.05, 0.1) is 12.0 Å². The van der Waals surface area contributed by atoms with Crippen molar-refractivity contribution in [3.05, 3.63) is 42.7 Å². The molecule has 0 saturated heterocycles. The molecule has 0 aliphatic rings. The lowest BCUT2D eigenvalue weighted by Gasteiger charge is -2.12. The number of aromatic amines is 1. The molecule has 2 aromatic heterocycles. The van der Waals surface area contributed by atoms with Gasteiger partial charge in [-0.2, -0.15) is 0 Å². The molecule has 0 saturated carbocycles. The third-order valence-corrected chi connectivity index (χ3v) is 2.23. The van der Waals surface area contributed by atoms with E-state index in [2.05, 4.69) is 9.97 Å². The zero-order valence-corrected chi connectivity index (χ0v) is 8.00. The molecule has 78 valence electrons. The zero-order chi connectivity index (χ0) is 10.7. The highest BCUT2D eigenvalue weighted by Gasteiger charge is 2.19. The lowest BCUT2D eigenvalue weighted by molar-refractivity contribution is -0.140. The van der Waals surface area contributed by atoms with E-state index in [-0.39, 0.29) is 0 Å². The SMILES string of the molecule is O=C(O)C(Cc1c[nH]cn1)n1cccc1. The molecule has 5 nitrogen and oxygen atoms in total. The van der Waals surface area contributed by atoms with Crippen LogP contribution in [0.2, 0.25) is 0 Å². The molecular weight excluding hydrogens is 194 g/mol. The lowest BCUT2D eigenvalue weighted by Crippen LogP contribution is -2.20. The second kappa shape index (κ2) is 4.00. The summed E-state index contributed by atoms with van der Waals surface area (Å²) in [6.07, 6.45) is 7.12. The number of carboxylic acids is 1. The lowest BCUT2D eigenvalue weighted by atomic mass is 10.1. The Hall–Kier alpha value is -2.04. The van der Waals surface area contributed by atoms with E-state index in [0.717, 1.165) is 5.69 Å². The number of H-pyrrole nitrogens is 1. The van der Waals surface area contributed by atoms with Crippen LogP contribution in [0.1, 0.15) is 11.7 Å².